The summed E-state index contributed by atoms with van der Waals surface area (Å²) in [6, 6.07) is 18.8. The average molecular weight is 511 g/mol. The SMILES string of the molecule is CCCCCCCCCCc1ccc(OC(CCC)OC(=O)CCC[N+](C)(C)Cc2ccccc2)cc1. The van der Waals surface area contributed by atoms with E-state index in [-0.39, 0.29) is 5.97 Å². The van der Waals surface area contributed by atoms with Gasteiger partial charge in [0.05, 0.1) is 27.1 Å². The maximum atomic E-state index is 12.6. The van der Waals surface area contributed by atoms with Crippen LogP contribution in [0.25, 0.3) is 0 Å². The van der Waals surface area contributed by atoms with E-state index in [0.29, 0.717) is 12.8 Å². The van der Waals surface area contributed by atoms with Gasteiger partial charge in [-0.15, -0.1) is 0 Å². The molecule has 2 rings (SSSR count). The lowest BCUT2D eigenvalue weighted by atomic mass is 10.0. The highest BCUT2D eigenvalue weighted by molar-refractivity contribution is 5.69. The zero-order valence-electron chi connectivity index (χ0n) is 24.1. The Labute approximate surface area is 227 Å². The Hall–Kier alpha value is -2.33. The summed E-state index contributed by atoms with van der Waals surface area (Å²) in [7, 11) is 4.42. The molecule has 0 aliphatic carbocycles. The van der Waals surface area contributed by atoms with Gasteiger partial charge in [-0.05, 0) is 37.0 Å². The third kappa shape index (κ3) is 14.3. The number of unbranched alkanes of at least 4 members (excludes halogenated alkanes) is 7. The molecule has 0 aliphatic heterocycles. The summed E-state index contributed by atoms with van der Waals surface area (Å²) in [6.45, 7) is 6.22. The second kappa shape index (κ2) is 18.0. The van der Waals surface area contributed by atoms with Gasteiger partial charge in [-0.2, -0.15) is 0 Å². The number of quaternary nitrogens is 1. The number of carbonyl (C=O) groups excluding carboxylic acids is 1. The molecular weight excluding hydrogens is 458 g/mol. The highest BCUT2D eigenvalue weighted by Gasteiger charge is 2.19. The molecule has 2 aromatic rings. The van der Waals surface area contributed by atoms with E-state index < -0.39 is 6.29 Å². The van der Waals surface area contributed by atoms with Crippen LogP contribution >= 0.6 is 0 Å². The van der Waals surface area contributed by atoms with Gasteiger partial charge in [0.15, 0.2) is 0 Å². The lowest BCUT2D eigenvalue weighted by Crippen LogP contribution is -2.39. The number of hydrogen-bond acceptors (Lipinski definition) is 3. The molecule has 0 heterocycles. The maximum Gasteiger partial charge on any atom is 0.309 e. The van der Waals surface area contributed by atoms with Gasteiger partial charge in [0.1, 0.15) is 12.3 Å². The van der Waals surface area contributed by atoms with Crippen LogP contribution in [0, 0.1) is 0 Å². The van der Waals surface area contributed by atoms with Crippen molar-refractivity contribution < 1.29 is 18.8 Å². The normalized spacial score (nSPS) is 12.3. The second-order valence-corrected chi connectivity index (χ2v) is 11.1. The van der Waals surface area contributed by atoms with Crippen molar-refractivity contribution in [3.63, 3.8) is 0 Å². The van der Waals surface area contributed by atoms with Crippen LogP contribution in [-0.2, 0) is 22.5 Å². The molecule has 0 N–H and O–H groups in total. The van der Waals surface area contributed by atoms with Gasteiger partial charge in [-0.3, -0.25) is 4.79 Å². The highest BCUT2D eigenvalue weighted by atomic mass is 16.7. The molecule has 0 amide bonds. The van der Waals surface area contributed by atoms with E-state index in [1.165, 1.54) is 62.5 Å². The van der Waals surface area contributed by atoms with Gasteiger partial charge >= 0.3 is 5.97 Å². The van der Waals surface area contributed by atoms with Crippen molar-refractivity contribution in [1.29, 1.82) is 0 Å². The van der Waals surface area contributed by atoms with Gasteiger partial charge in [0.2, 0.25) is 6.29 Å². The maximum absolute atomic E-state index is 12.6. The topological polar surface area (TPSA) is 35.5 Å². The fourth-order valence-electron chi connectivity index (χ4n) is 4.74. The summed E-state index contributed by atoms with van der Waals surface area (Å²) < 4.78 is 12.6. The first kappa shape index (κ1) is 30.9. The second-order valence-electron chi connectivity index (χ2n) is 11.1. The van der Waals surface area contributed by atoms with Gasteiger partial charge in [0, 0.05) is 18.4 Å². The third-order valence-electron chi connectivity index (χ3n) is 6.89. The summed E-state index contributed by atoms with van der Waals surface area (Å²) >= 11 is 0. The quantitative estimate of drug-likeness (QED) is 0.0775. The van der Waals surface area contributed by atoms with E-state index in [4.69, 9.17) is 9.47 Å². The highest BCUT2D eigenvalue weighted by Crippen LogP contribution is 2.19. The molecule has 1 atom stereocenters. The largest absolute Gasteiger partial charge is 0.455 e. The van der Waals surface area contributed by atoms with Gasteiger partial charge in [0.25, 0.3) is 0 Å². The van der Waals surface area contributed by atoms with Crippen LogP contribution < -0.4 is 4.74 Å². The molecule has 4 nitrogen and oxygen atoms in total. The first-order valence-electron chi connectivity index (χ1n) is 14.7. The van der Waals surface area contributed by atoms with Crippen molar-refractivity contribution in [2.24, 2.45) is 0 Å². The van der Waals surface area contributed by atoms with Crippen molar-refractivity contribution in [1.82, 2.24) is 0 Å². The Morgan fingerprint density at radius 2 is 1.41 bits per heavy atom. The van der Waals surface area contributed by atoms with E-state index >= 15 is 0 Å². The Kier molecular flexibility index (Phi) is 15.0. The number of rotatable bonds is 20. The van der Waals surface area contributed by atoms with Crippen LogP contribution in [0.4, 0.5) is 0 Å². The Bertz CT molecular complexity index is 848. The lowest BCUT2D eigenvalue weighted by Gasteiger charge is -2.30. The number of ether oxygens (including phenoxy) is 2. The van der Waals surface area contributed by atoms with Crippen LogP contribution in [0.15, 0.2) is 54.6 Å². The van der Waals surface area contributed by atoms with Crippen LogP contribution in [0.5, 0.6) is 5.75 Å². The van der Waals surface area contributed by atoms with Gasteiger partial charge < -0.3 is 14.0 Å². The third-order valence-corrected chi connectivity index (χ3v) is 6.89. The van der Waals surface area contributed by atoms with Crippen LogP contribution in [0.1, 0.15) is 102 Å². The molecule has 37 heavy (non-hydrogen) atoms. The smallest absolute Gasteiger partial charge is 0.309 e. The van der Waals surface area contributed by atoms with E-state index in [2.05, 4.69) is 64.3 Å². The fraction of sp³-hybridized carbons (Fsp3) is 0.606. The molecule has 0 bridgehead atoms. The molecule has 0 radical (unpaired) electrons. The molecule has 0 aliphatic rings. The van der Waals surface area contributed by atoms with E-state index in [1.54, 1.807) is 0 Å². The lowest BCUT2D eigenvalue weighted by molar-refractivity contribution is -0.903. The van der Waals surface area contributed by atoms with E-state index in [0.717, 1.165) is 42.6 Å². The fourth-order valence-corrected chi connectivity index (χ4v) is 4.74. The Morgan fingerprint density at radius 1 is 0.757 bits per heavy atom. The predicted octanol–water partition coefficient (Wildman–Crippen LogP) is 8.47. The summed E-state index contributed by atoms with van der Waals surface area (Å²) in [5.41, 5.74) is 2.66. The summed E-state index contributed by atoms with van der Waals surface area (Å²) in [6.07, 6.45) is 14.1. The zero-order chi connectivity index (χ0) is 26.8. The van der Waals surface area contributed by atoms with Crippen LogP contribution in [0.2, 0.25) is 0 Å². The van der Waals surface area contributed by atoms with Crippen molar-refractivity contribution in [3.8, 4) is 5.75 Å². The molecule has 2 aromatic carbocycles. The molecule has 4 heteroatoms. The molecule has 0 spiro atoms. The molecule has 206 valence electrons. The Morgan fingerprint density at radius 3 is 2.05 bits per heavy atom. The number of hydrogen-bond donors (Lipinski definition) is 0. The summed E-state index contributed by atoms with van der Waals surface area (Å²) in [4.78, 5) is 12.6. The van der Waals surface area contributed by atoms with E-state index in [1.807, 2.05) is 18.2 Å². The van der Waals surface area contributed by atoms with Crippen LogP contribution in [-0.4, -0.2) is 37.4 Å². The number of nitrogens with zero attached hydrogens (tertiary/aromatic N) is 1. The minimum absolute atomic E-state index is 0.176. The predicted molar refractivity (Wildman–Crippen MR) is 155 cm³/mol. The molecule has 0 saturated heterocycles. The zero-order valence-corrected chi connectivity index (χ0v) is 24.1. The standard InChI is InChI=1S/C33H52NO3/c1-5-7-8-9-10-11-12-14-19-29-23-25-31(26-24-29)36-33(18-6-2)37-32(35)22-17-27-34(3,4)28-30-20-15-13-16-21-30/h13,15-16,20-21,23-26,33H,5-12,14,17-19,22,27-28H2,1-4H3/q+1. The molecular formula is C33H52NO3+. The first-order chi connectivity index (χ1) is 17.9. The van der Waals surface area contributed by atoms with Crippen molar-refractivity contribution in [2.75, 3.05) is 20.6 Å². The minimum atomic E-state index is -0.525. The molecule has 0 saturated carbocycles. The first-order valence-corrected chi connectivity index (χ1v) is 14.7. The number of aryl methyl sites for hydroxylation is 1. The number of carbonyl (C=O) groups is 1. The Balaban J connectivity index is 1.68. The average Bonchev–Trinajstić information content (AvgIpc) is 2.87. The number of benzene rings is 2. The molecule has 0 fully saturated rings. The van der Waals surface area contributed by atoms with Crippen molar-refractivity contribution in [2.45, 2.75) is 110 Å². The number of esters is 1. The van der Waals surface area contributed by atoms with Gasteiger partial charge in [-0.25, -0.2) is 0 Å². The molecule has 0 aromatic heterocycles. The van der Waals surface area contributed by atoms with E-state index in [9.17, 15) is 4.79 Å². The van der Waals surface area contributed by atoms with Crippen molar-refractivity contribution >= 4 is 5.97 Å². The van der Waals surface area contributed by atoms with Crippen molar-refractivity contribution in [3.05, 3.63) is 65.7 Å². The molecule has 1 unspecified atom stereocenters. The monoisotopic (exact) mass is 510 g/mol. The summed E-state index contributed by atoms with van der Waals surface area (Å²) in [5.74, 6) is 0.594. The van der Waals surface area contributed by atoms with Crippen LogP contribution in [0.3, 0.4) is 0 Å². The van der Waals surface area contributed by atoms with Gasteiger partial charge in [-0.1, -0.05) is 101 Å². The summed E-state index contributed by atoms with van der Waals surface area (Å²) in [5, 5.41) is 0. The minimum Gasteiger partial charge on any atom is -0.455 e.